The number of halogens is 3. The summed E-state index contributed by atoms with van der Waals surface area (Å²) in [7, 11) is -4.01. The predicted molar refractivity (Wildman–Crippen MR) is 152 cm³/mol. The average molecular weight is 602 g/mol. The van der Waals surface area contributed by atoms with Gasteiger partial charge in [-0.15, -0.1) is 0 Å². The molecule has 0 radical (unpaired) electrons. The van der Waals surface area contributed by atoms with E-state index >= 15 is 0 Å². The number of aromatic nitrogens is 2. The van der Waals surface area contributed by atoms with Crippen molar-refractivity contribution in [3.05, 3.63) is 57.3 Å². The lowest BCUT2D eigenvalue weighted by molar-refractivity contribution is -0.00480. The summed E-state index contributed by atoms with van der Waals surface area (Å²) in [6.07, 6.45) is -1.42. The zero-order valence-electron chi connectivity index (χ0n) is 21.3. The SMILES string of the molecule is CC(C)[C@H](C)C(O)NC1CN(S(=O)(=O)c2cc(Cl)c(Cl)cc2Cl)CCN1Cc1nc(N)c2ccccc2n1. The predicted octanol–water partition coefficient (Wildman–Crippen LogP) is 4.20. The van der Waals surface area contributed by atoms with Crippen LogP contribution in [-0.4, -0.2) is 64.7 Å². The standard InChI is InChI=1S/C25H31Cl3N6O3S/c1-14(2)15(3)25(35)32-23-13-34(38(36,37)21-11-18(27)17(26)10-19(21)28)9-8-33(23)12-22-30-20-7-5-4-6-16(20)24(29)31-22/h4-7,10-11,14-15,23,25,32,35H,8-9,12-13H2,1-3H3,(H2,29,30,31)/t15-,23?,25?/m0/s1. The summed E-state index contributed by atoms with van der Waals surface area (Å²) in [5.41, 5.74) is 6.91. The van der Waals surface area contributed by atoms with Gasteiger partial charge in [0.1, 0.15) is 22.8 Å². The van der Waals surface area contributed by atoms with Gasteiger partial charge < -0.3 is 10.8 Å². The van der Waals surface area contributed by atoms with Gasteiger partial charge in [0.25, 0.3) is 0 Å². The topological polar surface area (TPSA) is 125 Å². The van der Waals surface area contributed by atoms with Crippen molar-refractivity contribution in [1.29, 1.82) is 0 Å². The quantitative estimate of drug-likeness (QED) is 0.259. The van der Waals surface area contributed by atoms with E-state index in [2.05, 4.69) is 15.3 Å². The van der Waals surface area contributed by atoms with Crippen LogP contribution in [0.5, 0.6) is 0 Å². The molecule has 0 saturated carbocycles. The molecule has 13 heteroatoms. The number of nitrogens with two attached hydrogens (primary N) is 1. The zero-order chi connectivity index (χ0) is 27.8. The number of aliphatic hydroxyl groups is 1. The monoisotopic (exact) mass is 600 g/mol. The minimum absolute atomic E-state index is 0.0140. The first kappa shape index (κ1) is 29.2. The number of nitrogens with one attached hydrogen (secondary N) is 1. The van der Waals surface area contributed by atoms with E-state index in [9.17, 15) is 13.5 Å². The summed E-state index contributed by atoms with van der Waals surface area (Å²) in [6.45, 7) is 6.84. The highest BCUT2D eigenvalue weighted by Gasteiger charge is 2.37. The first-order valence-electron chi connectivity index (χ1n) is 12.2. The number of aliphatic hydroxyl groups excluding tert-OH is 1. The summed E-state index contributed by atoms with van der Waals surface area (Å²) >= 11 is 18.4. The largest absolute Gasteiger partial charge is 0.383 e. The van der Waals surface area contributed by atoms with Crippen molar-refractivity contribution < 1.29 is 13.5 Å². The van der Waals surface area contributed by atoms with E-state index < -0.39 is 22.4 Å². The number of hydrogen-bond donors (Lipinski definition) is 3. The molecule has 206 valence electrons. The highest BCUT2D eigenvalue weighted by molar-refractivity contribution is 7.89. The number of nitrogen functional groups attached to an aromatic ring is 1. The summed E-state index contributed by atoms with van der Waals surface area (Å²) in [5, 5.41) is 15.1. The van der Waals surface area contributed by atoms with Crippen LogP contribution in [0.3, 0.4) is 0 Å². The number of benzene rings is 2. The molecule has 4 rings (SSSR count). The van der Waals surface area contributed by atoms with Crippen molar-refractivity contribution in [3.63, 3.8) is 0 Å². The molecule has 3 atom stereocenters. The summed E-state index contributed by atoms with van der Waals surface area (Å²) in [4.78, 5) is 11.0. The molecular formula is C25H31Cl3N6O3S. The molecule has 38 heavy (non-hydrogen) atoms. The van der Waals surface area contributed by atoms with E-state index in [-0.39, 0.29) is 44.9 Å². The molecule has 1 aliphatic rings. The average Bonchev–Trinajstić information content (AvgIpc) is 2.86. The molecule has 0 amide bonds. The maximum absolute atomic E-state index is 13.6. The van der Waals surface area contributed by atoms with Gasteiger partial charge in [-0.25, -0.2) is 18.4 Å². The molecule has 0 aliphatic carbocycles. The molecule has 2 heterocycles. The molecule has 4 N–H and O–H groups in total. The second-order valence-corrected chi connectivity index (χ2v) is 12.9. The Bertz CT molecular complexity index is 1420. The van der Waals surface area contributed by atoms with Crippen molar-refractivity contribution in [2.45, 2.75) is 44.6 Å². The lowest BCUT2D eigenvalue weighted by Gasteiger charge is -2.42. The van der Waals surface area contributed by atoms with E-state index in [1.54, 1.807) is 0 Å². The highest BCUT2D eigenvalue weighted by Crippen LogP contribution is 2.34. The van der Waals surface area contributed by atoms with Crippen molar-refractivity contribution >= 4 is 61.5 Å². The van der Waals surface area contributed by atoms with Crippen LogP contribution in [0.4, 0.5) is 5.82 Å². The van der Waals surface area contributed by atoms with Gasteiger partial charge in [-0.05, 0) is 36.1 Å². The molecule has 0 bridgehead atoms. The first-order chi connectivity index (χ1) is 17.9. The number of rotatable bonds is 8. The van der Waals surface area contributed by atoms with Crippen LogP contribution >= 0.6 is 34.8 Å². The van der Waals surface area contributed by atoms with Gasteiger partial charge in [-0.1, -0.05) is 67.7 Å². The molecule has 9 nitrogen and oxygen atoms in total. The zero-order valence-corrected chi connectivity index (χ0v) is 24.4. The van der Waals surface area contributed by atoms with Gasteiger partial charge >= 0.3 is 0 Å². The summed E-state index contributed by atoms with van der Waals surface area (Å²) in [6, 6.07) is 10.1. The molecule has 1 aromatic heterocycles. The smallest absolute Gasteiger partial charge is 0.244 e. The molecule has 1 aliphatic heterocycles. The van der Waals surface area contributed by atoms with Gasteiger partial charge in [0.05, 0.1) is 33.3 Å². The molecule has 1 saturated heterocycles. The Labute approximate surface area is 237 Å². The molecule has 0 spiro atoms. The van der Waals surface area contributed by atoms with Crippen molar-refractivity contribution in [1.82, 2.24) is 24.5 Å². The van der Waals surface area contributed by atoms with Crippen LogP contribution in [0.1, 0.15) is 26.6 Å². The second-order valence-electron chi connectivity index (χ2n) is 9.80. The third-order valence-corrected chi connectivity index (χ3v) is 10.0. The minimum Gasteiger partial charge on any atom is -0.383 e. The van der Waals surface area contributed by atoms with Gasteiger partial charge in [0.15, 0.2) is 0 Å². The van der Waals surface area contributed by atoms with E-state index in [1.807, 2.05) is 49.9 Å². The number of fused-ring (bicyclic) bond motifs is 1. The second kappa shape index (κ2) is 11.8. The third-order valence-electron chi connectivity index (χ3n) is 6.98. The Morgan fingerprint density at radius 3 is 2.47 bits per heavy atom. The number of para-hydroxylation sites is 1. The van der Waals surface area contributed by atoms with Gasteiger partial charge in [0, 0.05) is 25.0 Å². The Morgan fingerprint density at radius 2 is 1.76 bits per heavy atom. The number of piperazine rings is 1. The van der Waals surface area contributed by atoms with E-state index in [4.69, 9.17) is 40.5 Å². The van der Waals surface area contributed by atoms with Crippen LogP contribution in [0.25, 0.3) is 10.9 Å². The van der Waals surface area contributed by atoms with Crippen molar-refractivity contribution in [3.8, 4) is 0 Å². The number of nitrogens with zero attached hydrogens (tertiary/aromatic N) is 4. The van der Waals surface area contributed by atoms with Gasteiger partial charge in [0.2, 0.25) is 10.0 Å². The van der Waals surface area contributed by atoms with Gasteiger partial charge in [-0.2, -0.15) is 4.31 Å². The molecular weight excluding hydrogens is 571 g/mol. The Kier molecular flexibility index (Phi) is 9.06. The van der Waals surface area contributed by atoms with E-state index in [0.29, 0.717) is 24.7 Å². The van der Waals surface area contributed by atoms with Gasteiger partial charge in [-0.3, -0.25) is 10.2 Å². The maximum atomic E-state index is 13.6. The van der Waals surface area contributed by atoms with Crippen LogP contribution in [0.15, 0.2) is 41.3 Å². The number of hydrogen-bond acceptors (Lipinski definition) is 8. The third kappa shape index (κ3) is 6.18. The highest BCUT2D eigenvalue weighted by atomic mass is 35.5. The normalized spacial score (nSPS) is 19.2. The van der Waals surface area contributed by atoms with Crippen molar-refractivity contribution in [2.24, 2.45) is 11.8 Å². The molecule has 3 aromatic rings. The Balaban J connectivity index is 1.63. The Morgan fingerprint density at radius 1 is 1.08 bits per heavy atom. The van der Waals surface area contributed by atoms with E-state index in [0.717, 1.165) is 10.9 Å². The Hall–Kier alpha value is -1.76. The van der Waals surface area contributed by atoms with Crippen LogP contribution < -0.4 is 11.1 Å². The fourth-order valence-electron chi connectivity index (χ4n) is 4.32. The van der Waals surface area contributed by atoms with E-state index in [1.165, 1.54) is 16.4 Å². The fourth-order valence-corrected chi connectivity index (χ4v) is 6.73. The first-order valence-corrected chi connectivity index (χ1v) is 14.8. The van der Waals surface area contributed by atoms with Crippen molar-refractivity contribution in [2.75, 3.05) is 25.4 Å². The fraction of sp³-hybridized carbons (Fsp3) is 0.440. The summed E-state index contributed by atoms with van der Waals surface area (Å²) < 4.78 is 28.5. The number of anilines is 1. The number of sulfonamides is 1. The maximum Gasteiger partial charge on any atom is 0.244 e. The molecule has 2 unspecified atom stereocenters. The lowest BCUT2D eigenvalue weighted by atomic mass is 9.96. The van der Waals surface area contributed by atoms with Crippen LogP contribution in [-0.2, 0) is 16.6 Å². The van der Waals surface area contributed by atoms with Crippen LogP contribution in [0, 0.1) is 11.8 Å². The lowest BCUT2D eigenvalue weighted by Crippen LogP contribution is -2.62. The summed E-state index contributed by atoms with van der Waals surface area (Å²) in [5.74, 6) is 0.996. The molecule has 2 aromatic carbocycles. The molecule has 1 fully saturated rings. The minimum atomic E-state index is -4.01. The van der Waals surface area contributed by atoms with Crippen LogP contribution in [0.2, 0.25) is 15.1 Å².